The van der Waals surface area contributed by atoms with E-state index >= 15 is 0 Å². The Balaban J connectivity index is 2.79. The molecule has 1 N–H and O–H groups in total. The topological polar surface area (TPSA) is 29.1 Å². The van der Waals surface area contributed by atoms with Crippen LogP contribution in [0.4, 0.5) is 27.6 Å². The smallest absolute Gasteiger partial charge is 0.361 e. The van der Waals surface area contributed by atoms with E-state index in [4.69, 9.17) is 0 Å². The molecule has 0 spiro atoms. The van der Waals surface area contributed by atoms with Crippen molar-refractivity contribution in [2.45, 2.75) is 13.1 Å². The number of ketones is 1. The maximum absolute atomic E-state index is 12.8. The van der Waals surface area contributed by atoms with E-state index in [1.54, 1.807) is 0 Å². The second kappa shape index (κ2) is 5.16. The summed E-state index contributed by atoms with van der Waals surface area (Å²) in [6.07, 6.45) is -3.97. The third-order valence-electron chi connectivity index (χ3n) is 2.02. The van der Waals surface area contributed by atoms with E-state index in [0.29, 0.717) is 0 Å². The highest BCUT2D eigenvalue weighted by Crippen LogP contribution is 2.20. The van der Waals surface area contributed by atoms with Crippen molar-refractivity contribution in [2.24, 2.45) is 0 Å². The van der Waals surface area contributed by atoms with Gasteiger partial charge in [0.05, 0.1) is 0 Å². The summed E-state index contributed by atoms with van der Waals surface area (Å²) in [6, 6.07) is 1.67. The second-order valence-electron chi connectivity index (χ2n) is 3.42. The number of anilines is 1. The molecule has 18 heavy (non-hydrogen) atoms. The van der Waals surface area contributed by atoms with Crippen LogP contribution in [0.25, 0.3) is 0 Å². The van der Waals surface area contributed by atoms with Crippen molar-refractivity contribution >= 4 is 11.5 Å². The number of aryl methyl sites for hydroxylation is 1. The van der Waals surface area contributed by atoms with E-state index in [-0.39, 0.29) is 17.3 Å². The molecule has 0 saturated carbocycles. The molecule has 0 aliphatic heterocycles. The van der Waals surface area contributed by atoms with E-state index in [9.17, 15) is 26.7 Å². The molecule has 1 rings (SSSR count). The van der Waals surface area contributed by atoms with Crippen LogP contribution < -0.4 is 5.32 Å². The van der Waals surface area contributed by atoms with Crippen molar-refractivity contribution in [3.05, 3.63) is 41.6 Å². The number of allylic oxidation sites excluding steroid dienone is 1. The number of nitrogens with one attached hydrogen (secondary N) is 1. The third-order valence-corrected chi connectivity index (χ3v) is 2.02. The van der Waals surface area contributed by atoms with Crippen LogP contribution in [0.5, 0.6) is 0 Å². The Morgan fingerprint density at radius 1 is 1.22 bits per heavy atom. The van der Waals surface area contributed by atoms with E-state index in [0.717, 1.165) is 18.3 Å². The van der Waals surface area contributed by atoms with Gasteiger partial charge in [-0.05, 0) is 18.6 Å². The van der Waals surface area contributed by atoms with Gasteiger partial charge in [-0.25, -0.2) is 8.78 Å². The van der Waals surface area contributed by atoms with Crippen LogP contribution in [-0.2, 0) is 4.79 Å². The summed E-state index contributed by atoms with van der Waals surface area (Å²) in [7, 11) is 0. The van der Waals surface area contributed by atoms with Crippen molar-refractivity contribution in [1.82, 2.24) is 0 Å². The Hall–Kier alpha value is -1.92. The van der Waals surface area contributed by atoms with Crippen molar-refractivity contribution in [3.8, 4) is 0 Å². The molecule has 0 amide bonds. The standard InChI is InChI=1S/C11H8F5NO/c1-6-4-7(12)8(13)5-9(6)17-3-2-10(18)11(14,15)16/h2-5,17H,1H3. The number of hydrogen-bond acceptors (Lipinski definition) is 2. The lowest BCUT2D eigenvalue weighted by Crippen LogP contribution is -2.20. The summed E-state index contributed by atoms with van der Waals surface area (Å²) in [6.45, 7) is 1.43. The van der Waals surface area contributed by atoms with Crippen LogP contribution in [-0.4, -0.2) is 12.0 Å². The molecule has 2 nitrogen and oxygen atoms in total. The fraction of sp³-hybridized carbons (Fsp3) is 0.182. The largest absolute Gasteiger partial charge is 0.454 e. The average Bonchev–Trinajstić information content (AvgIpc) is 2.23. The Labute approximate surface area is 99.1 Å². The summed E-state index contributed by atoms with van der Waals surface area (Å²) in [5.41, 5.74) is 0.359. The summed E-state index contributed by atoms with van der Waals surface area (Å²) in [5, 5.41) is 2.28. The highest BCUT2D eigenvalue weighted by atomic mass is 19.4. The van der Waals surface area contributed by atoms with E-state index in [1.165, 1.54) is 6.92 Å². The van der Waals surface area contributed by atoms with Crippen LogP contribution in [0, 0.1) is 18.6 Å². The molecule has 0 aliphatic carbocycles. The minimum absolute atomic E-state index is 0.0696. The number of halogens is 5. The first-order valence-electron chi connectivity index (χ1n) is 4.71. The third kappa shape index (κ3) is 3.54. The van der Waals surface area contributed by atoms with Gasteiger partial charge in [0.15, 0.2) is 11.6 Å². The van der Waals surface area contributed by atoms with Crippen molar-refractivity contribution in [3.63, 3.8) is 0 Å². The van der Waals surface area contributed by atoms with Gasteiger partial charge >= 0.3 is 6.18 Å². The van der Waals surface area contributed by atoms with Gasteiger partial charge in [0.2, 0.25) is 0 Å². The average molecular weight is 265 g/mol. The summed E-state index contributed by atoms with van der Waals surface area (Å²) < 4.78 is 61.1. The first kappa shape index (κ1) is 14.1. The molecule has 0 unspecified atom stereocenters. The van der Waals surface area contributed by atoms with Crippen LogP contribution >= 0.6 is 0 Å². The summed E-state index contributed by atoms with van der Waals surface area (Å²) in [5.74, 6) is -4.25. The van der Waals surface area contributed by atoms with Gasteiger partial charge in [-0.15, -0.1) is 0 Å². The van der Waals surface area contributed by atoms with Crippen molar-refractivity contribution in [1.29, 1.82) is 0 Å². The Morgan fingerprint density at radius 2 is 1.78 bits per heavy atom. The lowest BCUT2D eigenvalue weighted by molar-refractivity contribution is -0.165. The minimum atomic E-state index is -4.96. The maximum atomic E-state index is 12.8. The lowest BCUT2D eigenvalue weighted by Gasteiger charge is -2.06. The number of hydrogen-bond donors (Lipinski definition) is 1. The number of benzene rings is 1. The summed E-state index contributed by atoms with van der Waals surface area (Å²) in [4.78, 5) is 10.5. The Bertz CT molecular complexity index is 493. The number of alkyl halides is 3. The van der Waals surface area contributed by atoms with Crippen LogP contribution in [0.15, 0.2) is 24.4 Å². The summed E-state index contributed by atoms with van der Waals surface area (Å²) >= 11 is 0. The van der Waals surface area contributed by atoms with E-state index in [1.807, 2.05) is 0 Å². The van der Waals surface area contributed by atoms with Crippen LogP contribution in [0.2, 0.25) is 0 Å². The van der Waals surface area contributed by atoms with Gasteiger partial charge < -0.3 is 5.32 Å². The highest BCUT2D eigenvalue weighted by molar-refractivity contribution is 5.94. The lowest BCUT2D eigenvalue weighted by atomic mass is 10.2. The first-order valence-corrected chi connectivity index (χ1v) is 4.71. The number of rotatable bonds is 3. The van der Waals surface area contributed by atoms with Gasteiger partial charge in [-0.1, -0.05) is 0 Å². The predicted octanol–water partition coefficient (Wildman–Crippen LogP) is 3.33. The molecular weight excluding hydrogens is 257 g/mol. The van der Waals surface area contributed by atoms with Gasteiger partial charge in [0.25, 0.3) is 5.78 Å². The monoisotopic (exact) mass is 265 g/mol. The normalized spacial score (nSPS) is 11.9. The SMILES string of the molecule is Cc1cc(F)c(F)cc1NC=CC(=O)C(F)(F)F. The molecule has 0 bridgehead atoms. The number of carbonyl (C=O) groups is 1. The zero-order valence-corrected chi connectivity index (χ0v) is 9.11. The zero-order valence-electron chi connectivity index (χ0n) is 9.11. The van der Waals surface area contributed by atoms with Crippen molar-refractivity contribution in [2.75, 3.05) is 5.32 Å². The Morgan fingerprint density at radius 3 is 2.33 bits per heavy atom. The fourth-order valence-corrected chi connectivity index (χ4v) is 1.10. The molecule has 0 aliphatic rings. The predicted molar refractivity (Wildman–Crippen MR) is 54.9 cm³/mol. The molecule has 0 fully saturated rings. The fourth-order valence-electron chi connectivity index (χ4n) is 1.10. The van der Waals surface area contributed by atoms with Crippen molar-refractivity contribution < 1.29 is 26.7 Å². The molecule has 1 aromatic carbocycles. The molecule has 0 atom stereocenters. The van der Waals surface area contributed by atoms with E-state index in [2.05, 4.69) is 5.32 Å². The molecular formula is C11H8F5NO. The van der Waals surface area contributed by atoms with Crippen LogP contribution in [0.1, 0.15) is 5.56 Å². The van der Waals surface area contributed by atoms with E-state index < -0.39 is 23.6 Å². The molecule has 0 aromatic heterocycles. The van der Waals surface area contributed by atoms with Gasteiger partial charge in [-0.3, -0.25) is 4.79 Å². The van der Waals surface area contributed by atoms with Gasteiger partial charge in [0, 0.05) is 24.0 Å². The van der Waals surface area contributed by atoms with Crippen LogP contribution in [0.3, 0.4) is 0 Å². The molecule has 7 heteroatoms. The maximum Gasteiger partial charge on any atom is 0.454 e. The number of carbonyl (C=O) groups excluding carboxylic acids is 1. The first-order chi connectivity index (χ1) is 8.21. The molecule has 0 radical (unpaired) electrons. The molecule has 1 aromatic rings. The van der Waals surface area contributed by atoms with Gasteiger partial charge in [-0.2, -0.15) is 13.2 Å². The molecule has 0 heterocycles. The zero-order chi connectivity index (χ0) is 13.9. The highest BCUT2D eigenvalue weighted by Gasteiger charge is 2.35. The minimum Gasteiger partial charge on any atom is -0.361 e. The quantitative estimate of drug-likeness (QED) is 0.671. The second-order valence-corrected chi connectivity index (χ2v) is 3.42. The Kier molecular flexibility index (Phi) is 4.05. The molecule has 98 valence electrons. The van der Waals surface area contributed by atoms with Gasteiger partial charge in [0.1, 0.15) is 0 Å². The molecule has 0 saturated heterocycles.